The average Bonchev–Trinajstić information content (AvgIpc) is 2.77. The van der Waals surface area contributed by atoms with Crippen LogP contribution in [0.4, 0.5) is 5.69 Å². The van der Waals surface area contributed by atoms with Crippen LogP contribution in [0.1, 0.15) is 11.4 Å². The van der Waals surface area contributed by atoms with Crippen LogP contribution in [0.5, 0.6) is 0 Å². The predicted molar refractivity (Wildman–Crippen MR) is 84.8 cm³/mol. The summed E-state index contributed by atoms with van der Waals surface area (Å²) in [4.78, 5) is 23.6. The number of carbonyl (C=O) groups is 2. The van der Waals surface area contributed by atoms with Gasteiger partial charge in [-0.25, -0.2) is 0 Å². The SMILES string of the molecule is Cc1cc(C)n(CC(=O)NCC(=O)Nc2ccc(Cl)cc2)n1. The van der Waals surface area contributed by atoms with Crippen molar-refractivity contribution in [3.63, 3.8) is 0 Å². The van der Waals surface area contributed by atoms with Crippen molar-refractivity contribution in [3.05, 3.63) is 46.7 Å². The Morgan fingerprint density at radius 1 is 1.18 bits per heavy atom. The largest absolute Gasteiger partial charge is 0.345 e. The summed E-state index contributed by atoms with van der Waals surface area (Å²) >= 11 is 5.76. The van der Waals surface area contributed by atoms with E-state index in [1.807, 2.05) is 19.9 Å². The van der Waals surface area contributed by atoms with Crippen LogP contribution >= 0.6 is 11.6 Å². The van der Waals surface area contributed by atoms with Crippen molar-refractivity contribution in [2.75, 3.05) is 11.9 Å². The van der Waals surface area contributed by atoms with Crippen molar-refractivity contribution in [2.24, 2.45) is 0 Å². The lowest BCUT2D eigenvalue weighted by Crippen LogP contribution is -2.35. The number of nitrogens with zero attached hydrogens (tertiary/aromatic N) is 2. The van der Waals surface area contributed by atoms with Crippen molar-refractivity contribution >= 4 is 29.1 Å². The van der Waals surface area contributed by atoms with Crippen molar-refractivity contribution in [2.45, 2.75) is 20.4 Å². The molecule has 0 bridgehead atoms. The highest BCUT2D eigenvalue weighted by Gasteiger charge is 2.09. The van der Waals surface area contributed by atoms with Crippen LogP contribution in [-0.4, -0.2) is 28.1 Å². The van der Waals surface area contributed by atoms with E-state index in [1.54, 1.807) is 28.9 Å². The van der Waals surface area contributed by atoms with E-state index in [0.29, 0.717) is 10.7 Å². The molecule has 7 heteroatoms. The number of hydrogen-bond donors (Lipinski definition) is 2. The molecule has 2 amide bonds. The summed E-state index contributed by atoms with van der Waals surface area (Å²) in [6.45, 7) is 3.73. The van der Waals surface area contributed by atoms with Gasteiger partial charge in [-0.2, -0.15) is 5.10 Å². The summed E-state index contributed by atoms with van der Waals surface area (Å²) in [5.74, 6) is -0.568. The third-order valence-corrected chi connectivity index (χ3v) is 3.22. The molecule has 2 rings (SSSR count). The molecule has 2 aromatic rings. The molecule has 22 heavy (non-hydrogen) atoms. The molecule has 0 atom stereocenters. The Hall–Kier alpha value is -2.34. The molecule has 1 aromatic carbocycles. The standard InChI is InChI=1S/C15H17ClN4O2/c1-10-7-11(2)20(19-10)9-15(22)17-8-14(21)18-13-5-3-12(16)4-6-13/h3-7H,8-9H2,1-2H3,(H,17,22)(H,18,21). The zero-order valence-corrected chi connectivity index (χ0v) is 13.1. The molecule has 0 aliphatic rings. The van der Waals surface area contributed by atoms with E-state index in [1.165, 1.54) is 0 Å². The smallest absolute Gasteiger partial charge is 0.243 e. The van der Waals surface area contributed by atoms with Crippen molar-refractivity contribution in [3.8, 4) is 0 Å². The maximum absolute atomic E-state index is 11.8. The van der Waals surface area contributed by atoms with Crippen molar-refractivity contribution < 1.29 is 9.59 Å². The van der Waals surface area contributed by atoms with Crippen LogP contribution in [0.15, 0.2) is 30.3 Å². The Labute approximate surface area is 133 Å². The maximum atomic E-state index is 11.8. The van der Waals surface area contributed by atoms with Crippen LogP contribution in [0.3, 0.4) is 0 Å². The number of aromatic nitrogens is 2. The molecular formula is C15H17ClN4O2. The highest BCUT2D eigenvalue weighted by molar-refractivity contribution is 6.30. The number of halogens is 1. The summed E-state index contributed by atoms with van der Waals surface area (Å²) in [6, 6.07) is 8.63. The van der Waals surface area contributed by atoms with E-state index in [9.17, 15) is 9.59 Å². The zero-order valence-electron chi connectivity index (χ0n) is 12.4. The van der Waals surface area contributed by atoms with Gasteiger partial charge in [-0.1, -0.05) is 11.6 Å². The Morgan fingerprint density at radius 2 is 1.86 bits per heavy atom. The molecule has 0 spiro atoms. The maximum Gasteiger partial charge on any atom is 0.243 e. The summed E-state index contributed by atoms with van der Waals surface area (Å²) in [6.07, 6.45) is 0. The lowest BCUT2D eigenvalue weighted by molar-refractivity contribution is -0.124. The van der Waals surface area contributed by atoms with Crippen LogP contribution in [0, 0.1) is 13.8 Å². The lowest BCUT2D eigenvalue weighted by Gasteiger charge is -2.08. The highest BCUT2D eigenvalue weighted by atomic mass is 35.5. The Morgan fingerprint density at radius 3 is 2.45 bits per heavy atom. The fourth-order valence-electron chi connectivity index (χ4n) is 1.94. The van der Waals surface area contributed by atoms with Gasteiger partial charge < -0.3 is 10.6 Å². The molecule has 1 aromatic heterocycles. The molecule has 1 heterocycles. The molecule has 0 unspecified atom stereocenters. The van der Waals surface area contributed by atoms with Crippen LogP contribution in [0.2, 0.25) is 5.02 Å². The number of benzene rings is 1. The van der Waals surface area contributed by atoms with E-state index in [4.69, 9.17) is 11.6 Å². The predicted octanol–water partition coefficient (Wildman–Crippen LogP) is 1.91. The van der Waals surface area contributed by atoms with Gasteiger partial charge in [0.05, 0.1) is 12.2 Å². The minimum absolute atomic E-state index is 0.0912. The molecule has 6 nitrogen and oxygen atoms in total. The molecule has 0 saturated heterocycles. The van der Waals surface area contributed by atoms with E-state index in [-0.39, 0.29) is 24.9 Å². The fraction of sp³-hybridized carbons (Fsp3) is 0.267. The zero-order chi connectivity index (χ0) is 16.1. The molecule has 0 saturated carbocycles. The van der Waals surface area contributed by atoms with Crippen LogP contribution in [0.25, 0.3) is 0 Å². The lowest BCUT2D eigenvalue weighted by atomic mass is 10.3. The molecule has 0 fully saturated rings. The number of hydrogen-bond acceptors (Lipinski definition) is 3. The van der Waals surface area contributed by atoms with Crippen molar-refractivity contribution in [1.82, 2.24) is 15.1 Å². The first kappa shape index (κ1) is 16.0. The van der Waals surface area contributed by atoms with E-state index in [0.717, 1.165) is 11.4 Å². The first-order valence-electron chi connectivity index (χ1n) is 6.77. The molecular weight excluding hydrogens is 304 g/mol. The second-order valence-electron chi connectivity index (χ2n) is 4.92. The normalized spacial score (nSPS) is 10.3. The van der Waals surface area contributed by atoms with Crippen molar-refractivity contribution in [1.29, 1.82) is 0 Å². The summed E-state index contributed by atoms with van der Waals surface area (Å²) in [5, 5.41) is 10.0. The van der Waals surface area contributed by atoms with E-state index >= 15 is 0 Å². The third-order valence-electron chi connectivity index (χ3n) is 2.97. The van der Waals surface area contributed by atoms with Gasteiger partial charge in [0.15, 0.2) is 0 Å². The van der Waals surface area contributed by atoms with E-state index < -0.39 is 0 Å². The summed E-state index contributed by atoms with van der Waals surface area (Å²) < 4.78 is 1.60. The first-order chi connectivity index (χ1) is 10.4. The monoisotopic (exact) mass is 320 g/mol. The minimum Gasteiger partial charge on any atom is -0.345 e. The summed E-state index contributed by atoms with van der Waals surface area (Å²) in [5.41, 5.74) is 2.38. The van der Waals surface area contributed by atoms with Gasteiger partial charge >= 0.3 is 0 Å². The second kappa shape index (κ2) is 7.09. The third kappa shape index (κ3) is 4.60. The van der Waals surface area contributed by atoms with Gasteiger partial charge in [-0.05, 0) is 44.2 Å². The molecule has 0 aliphatic heterocycles. The van der Waals surface area contributed by atoms with Gasteiger partial charge in [0.25, 0.3) is 0 Å². The van der Waals surface area contributed by atoms with Gasteiger partial charge in [0, 0.05) is 16.4 Å². The molecule has 116 valence electrons. The number of amides is 2. The number of carbonyl (C=O) groups excluding carboxylic acids is 2. The van der Waals surface area contributed by atoms with Gasteiger partial charge in [0.2, 0.25) is 11.8 Å². The number of rotatable bonds is 5. The Kier molecular flexibility index (Phi) is 5.16. The minimum atomic E-state index is -0.302. The molecule has 0 aliphatic carbocycles. The van der Waals surface area contributed by atoms with Crippen LogP contribution in [-0.2, 0) is 16.1 Å². The summed E-state index contributed by atoms with van der Waals surface area (Å²) in [7, 11) is 0. The fourth-order valence-corrected chi connectivity index (χ4v) is 2.07. The Balaban J connectivity index is 1.79. The van der Waals surface area contributed by atoms with E-state index in [2.05, 4.69) is 15.7 Å². The Bertz CT molecular complexity index is 679. The van der Waals surface area contributed by atoms with Crippen LogP contribution < -0.4 is 10.6 Å². The van der Waals surface area contributed by atoms with Gasteiger partial charge in [0.1, 0.15) is 6.54 Å². The second-order valence-corrected chi connectivity index (χ2v) is 5.35. The highest BCUT2D eigenvalue weighted by Crippen LogP contribution is 2.12. The quantitative estimate of drug-likeness (QED) is 0.883. The van der Waals surface area contributed by atoms with Gasteiger partial charge in [-0.15, -0.1) is 0 Å². The number of anilines is 1. The topological polar surface area (TPSA) is 76.0 Å². The average molecular weight is 321 g/mol. The molecule has 2 N–H and O–H groups in total. The number of nitrogens with one attached hydrogen (secondary N) is 2. The first-order valence-corrected chi connectivity index (χ1v) is 7.15. The number of aryl methyl sites for hydroxylation is 2. The van der Waals surface area contributed by atoms with Gasteiger partial charge in [-0.3, -0.25) is 14.3 Å². The molecule has 0 radical (unpaired) electrons.